The van der Waals surface area contributed by atoms with Gasteiger partial charge in [0.05, 0.1) is 40.0 Å². The number of benzene rings is 10. The van der Waals surface area contributed by atoms with Gasteiger partial charge in [-0.2, -0.15) is 13.2 Å². The van der Waals surface area contributed by atoms with Crippen molar-refractivity contribution < 1.29 is 13.2 Å². The number of alkyl halides is 3. The van der Waals surface area contributed by atoms with E-state index in [0.29, 0.717) is 38.9 Å². The van der Waals surface area contributed by atoms with Gasteiger partial charge in [-0.1, -0.05) is 168 Å². The molecular weight excluding hydrogens is 940 g/mol. The molecule has 3 nitrogen and oxygen atoms in total. The van der Waals surface area contributed by atoms with E-state index in [1.807, 2.05) is 21.3 Å². The van der Waals surface area contributed by atoms with Crippen LogP contribution in [0.15, 0.2) is 182 Å². The molecule has 0 N–H and O–H groups in total. The van der Waals surface area contributed by atoms with E-state index in [4.69, 9.17) is 6.57 Å². The van der Waals surface area contributed by atoms with Crippen LogP contribution in [0.25, 0.3) is 115 Å². The highest BCUT2D eigenvalue weighted by molar-refractivity contribution is 6.14. The molecule has 370 valence electrons. The fourth-order valence-electron chi connectivity index (χ4n) is 12.0. The van der Waals surface area contributed by atoms with Gasteiger partial charge in [0.25, 0.3) is 0 Å². The van der Waals surface area contributed by atoms with Gasteiger partial charge in [0.1, 0.15) is 5.56 Å². The van der Waals surface area contributed by atoms with Gasteiger partial charge in [-0.3, -0.25) is 0 Å². The van der Waals surface area contributed by atoms with Crippen molar-refractivity contribution in [2.45, 2.75) is 61.6 Å². The van der Waals surface area contributed by atoms with Crippen molar-refractivity contribution in [1.29, 1.82) is 0 Å². The molecule has 2 aromatic heterocycles. The minimum Gasteiger partial charge on any atom is -0.309 e. The summed E-state index contributed by atoms with van der Waals surface area (Å²) in [4.78, 5) is 3.77. The maximum atomic E-state index is 17.6. The molecule has 0 unspecified atom stereocenters. The molecular formula is C70H54F3N3. The second-order valence-electron chi connectivity index (χ2n) is 20.9. The molecule has 6 heteroatoms. The molecule has 0 spiro atoms. The highest BCUT2D eigenvalue weighted by Crippen LogP contribution is 2.50. The second kappa shape index (κ2) is 18.2. The third-order valence-electron chi connectivity index (χ3n) is 15.5. The van der Waals surface area contributed by atoms with E-state index in [-0.39, 0.29) is 11.4 Å². The second-order valence-corrected chi connectivity index (χ2v) is 20.9. The van der Waals surface area contributed by atoms with E-state index < -0.39 is 11.7 Å². The highest BCUT2D eigenvalue weighted by atomic mass is 19.4. The molecule has 0 radical (unpaired) electrons. The predicted octanol–water partition coefficient (Wildman–Crippen LogP) is 20.3. The summed E-state index contributed by atoms with van der Waals surface area (Å²) in [5.41, 5.74) is 19.4. The van der Waals surface area contributed by atoms with Crippen LogP contribution in [0.3, 0.4) is 0 Å². The summed E-state index contributed by atoms with van der Waals surface area (Å²) in [6.07, 6.45) is -4.92. The topological polar surface area (TPSA) is 14.2 Å². The van der Waals surface area contributed by atoms with Crippen molar-refractivity contribution in [3.05, 3.63) is 243 Å². The van der Waals surface area contributed by atoms with Crippen LogP contribution >= 0.6 is 0 Å². The lowest BCUT2D eigenvalue weighted by molar-refractivity contribution is -0.137. The number of hydrogen-bond acceptors (Lipinski definition) is 0. The summed E-state index contributed by atoms with van der Waals surface area (Å²) in [5, 5.41) is 3.32. The number of aryl methyl sites for hydroxylation is 8. The zero-order chi connectivity index (χ0) is 52.9. The van der Waals surface area contributed by atoms with E-state index in [1.54, 1.807) is 24.3 Å². The van der Waals surface area contributed by atoms with Gasteiger partial charge in [-0.05, 0) is 164 Å². The van der Waals surface area contributed by atoms with Crippen molar-refractivity contribution >= 4 is 49.3 Å². The molecule has 0 fully saturated rings. The third-order valence-corrected chi connectivity index (χ3v) is 15.5. The predicted molar refractivity (Wildman–Crippen MR) is 311 cm³/mol. The zero-order valence-electron chi connectivity index (χ0n) is 43.8. The Kier molecular flexibility index (Phi) is 11.5. The lowest BCUT2D eigenvalue weighted by Crippen LogP contribution is -2.17. The Morgan fingerprint density at radius 3 is 1.04 bits per heavy atom. The maximum absolute atomic E-state index is 17.6. The Labute approximate surface area is 441 Å². The quantitative estimate of drug-likeness (QED) is 0.141. The van der Waals surface area contributed by atoms with Crippen molar-refractivity contribution in [1.82, 2.24) is 9.13 Å². The Balaban J connectivity index is 1.27. The summed E-state index contributed by atoms with van der Waals surface area (Å²) in [5.74, 6) is 0. The number of fused-ring (bicyclic) bond motifs is 6. The average Bonchev–Trinajstić information content (AvgIpc) is 4.13. The lowest BCUT2D eigenvalue weighted by atomic mass is 9.96. The summed E-state index contributed by atoms with van der Waals surface area (Å²) in [7, 11) is 0. The lowest BCUT2D eigenvalue weighted by Gasteiger charge is -2.25. The molecule has 0 saturated heterocycles. The van der Waals surface area contributed by atoms with Crippen LogP contribution in [0.5, 0.6) is 0 Å². The van der Waals surface area contributed by atoms with Crippen LogP contribution in [-0.4, -0.2) is 9.13 Å². The minimum atomic E-state index is -4.92. The summed E-state index contributed by atoms with van der Waals surface area (Å²) in [6, 6.07) is 60.6. The van der Waals surface area contributed by atoms with Crippen molar-refractivity contribution in [2.24, 2.45) is 0 Å². The summed E-state index contributed by atoms with van der Waals surface area (Å²) < 4.78 is 56.5. The largest absolute Gasteiger partial charge is 0.420 e. The molecule has 0 bridgehead atoms. The molecule has 0 aliphatic rings. The van der Waals surface area contributed by atoms with E-state index in [1.165, 1.54) is 0 Å². The summed E-state index contributed by atoms with van der Waals surface area (Å²) >= 11 is 0. The average molecular weight is 994 g/mol. The Morgan fingerprint density at radius 2 is 0.697 bits per heavy atom. The first-order valence-corrected chi connectivity index (χ1v) is 25.7. The first-order valence-electron chi connectivity index (χ1n) is 25.7. The smallest absolute Gasteiger partial charge is 0.309 e. The van der Waals surface area contributed by atoms with Gasteiger partial charge in [0.2, 0.25) is 0 Å². The van der Waals surface area contributed by atoms with Gasteiger partial charge in [0, 0.05) is 27.1 Å². The number of nitrogens with zero attached hydrogens (tertiary/aromatic N) is 3. The maximum Gasteiger partial charge on any atom is 0.420 e. The first-order chi connectivity index (χ1) is 36.5. The van der Waals surface area contributed by atoms with Crippen LogP contribution in [0.2, 0.25) is 0 Å². The number of hydrogen-bond donors (Lipinski definition) is 0. The van der Waals surface area contributed by atoms with Gasteiger partial charge < -0.3 is 9.13 Å². The number of halogens is 3. The molecule has 76 heavy (non-hydrogen) atoms. The summed E-state index contributed by atoms with van der Waals surface area (Å²) in [6.45, 7) is 24.6. The van der Waals surface area contributed by atoms with Gasteiger partial charge in [-0.15, -0.1) is 0 Å². The van der Waals surface area contributed by atoms with E-state index in [9.17, 15) is 0 Å². The molecule has 0 aliphatic heterocycles. The van der Waals surface area contributed by atoms with Crippen molar-refractivity contribution in [3.8, 4) is 67.0 Å². The monoisotopic (exact) mass is 993 g/mol. The van der Waals surface area contributed by atoms with Crippen molar-refractivity contribution in [2.75, 3.05) is 0 Å². The van der Waals surface area contributed by atoms with Gasteiger partial charge >= 0.3 is 6.18 Å². The Bertz CT molecular complexity index is 4220. The molecule has 12 aromatic rings. The highest BCUT2D eigenvalue weighted by Gasteiger charge is 2.40. The van der Waals surface area contributed by atoms with Crippen LogP contribution in [-0.2, 0) is 6.18 Å². The van der Waals surface area contributed by atoms with Gasteiger partial charge in [0.15, 0.2) is 5.69 Å². The SMILES string of the molecule is [C-]#[N+]c1cccc(-c2ccc(-n3c4cc(-c5ccc(C)cc5C)ccc4c4ccc(-c5ccc(C)cc5C)cc43)c(C(F)(F)F)c2-n2c3cc(-c4ccc(C)cc4C)ccc3c3ccc(-c4ccc(C)cc4C)cc32)c1. The van der Waals surface area contributed by atoms with Crippen LogP contribution < -0.4 is 0 Å². The zero-order valence-corrected chi connectivity index (χ0v) is 43.8. The normalized spacial score (nSPS) is 11.9. The van der Waals surface area contributed by atoms with Crippen molar-refractivity contribution in [3.63, 3.8) is 0 Å². The molecule has 0 aliphatic carbocycles. The standard InChI is InChI=1S/C70H54F3N3/c1-40-13-21-54(44(5)31-40)49-17-25-59-60-26-18-50(55-22-14-41(2)32-45(55)6)37-65(60)75(64(59)36-49)63-30-29-58(48-11-10-12-53(35-48)74-9)69(68(63)70(71,72)73)76-66-38-51(56-23-15-42(3)33-46(56)7)19-27-61(66)62-28-20-52(39-67(62)76)57-24-16-43(4)34-47(57)8/h10-39H,1-8H3. The molecule has 0 amide bonds. The molecule has 12 rings (SSSR count). The number of aromatic nitrogens is 2. The molecule has 10 aromatic carbocycles. The van der Waals surface area contributed by atoms with E-state index >= 15 is 13.2 Å². The molecule has 0 atom stereocenters. The minimum absolute atomic E-state index is 0.00536. The Morgan fingerprint density at radius 1 is 0.355 bits per heavy atom. The Hall–Kier alpha value is -8.92. The number of rotatable bonds is 7. The van der Waals surface area contributed by atoms with E-state index in [2.05, 4.69) is 206 Å². The molecule has 0 saturated carbocycles. The third kappa shape index (κ3) is 8.06. The van der Waals surface area contributed by atoms with Crippen LogP contribution in [0, 0.1) is 62.0 Å². The fourth-order valence-corrected chi connectivity index (χ4v) is 12.0. The fraction of sp³-hybridized carbons (Fsp3) is 0.129. The van der Waals surface area contributed by atoms with Crippen LogP contribution in [0.4, 0.5) is 18.9 Å². The van der Waals surface area contributed by atoms with E-state index in [0.717, 1.165) is 111 Å². The molecule has 2 heterocycles. The van der Waals surface area contributed by atoms with Gasteiger partial charge in [-0.25, -0.2) is 4.85 Å². The van der Waals surface area contributed by atoms with Crippen LogP contribution in [0.1, 0.15) is 50.1 Å². The first kappa shape index (κ1) is 48.0.